The molecule has 1 saturated heterocycles. The summed E-state index contributed by atoms with van der Waals surface area (Å²) in [5.74, 6) is 2.60. The number of aliphatic imine (C=N–C) groups is 1. The summed E-state index contributed by atoms with van der Waals surface area (Å²) in [6.07, 6.45) is 3.42. The molecule has 0 atom stereocenters. The van der Waals surface area contributed by atoms with Crippen molar-refractivity contribution in [2.45, 2.75) is 46.1 Å². The number of ether oxygens (including phenoxy) is 3. The lowest BCUT2D eigenvalue weighted by Crippen LogP contribution is -2.47. The van der Waals surface area contributed by atoms with Crippen LogP contribution in [-0.2, 0) is 11.2 Å². The number of hydrogen-bond donors (Lipinski definition) is 1. The van der Waals surface area contributed by atoms with Crippen molar-refractivity contribution in [2.75, 3.05) is 46.5 Å². The average Bonchev–Trinajstić information content (AvgIpc) is 2.68. The van der Waals surface area contributed by atoms with Crippen LogP contribution in [0.2, 0.25) is 0 Å². The number of piperidine rings is 1. The zero-order valence-electron chi connectivity index (χ0n) is 17.3. The Balaban J connectivity index is 1.84. The van der Waals surface area contributed by atoms with Gasteiger partial charge in [0.15, 0.2) is 17.5 Å². The molecule has 0 unspecified atom stereocenters. The standard InChI is InChI=1S/C21H35N3O3/c1-5-25-18-11-14-24(15-12-18)21(22-4)23-13-10-17-8-9-19(26-6-2)20(16-17)27-7-3/h8-9,16,18H,5-7,10-15H2,1-4H3,(H,22,23). The van der Waals surface area contributed by atoms with Crippen molar-refractivity contribution in [3.63, 3.8) is 0 Å². The molecule has 0 spiro atoms. The molecule has 6 heteroatoms. The van der Waals surface area contributed by atoms with Gasteiger partial charge in [0.25, 0.3) is 0 Å². The van der Waals surface area contributed by atoms with Gasteiger partial charge in [-0.3, -0.25) is 4.99 Å². The van der Waals surface area contributed by atoms with E-state index in [1.54, 1.807) is 0 Å². The predicted molar refractivity (Wildman–Crippen MR) is 110 cm³/mol. The fraction of sp³-hybridized carbons (Fsp3) is 0.667. The van der Waals surface area contributed by atoms with E-state index < -0.39 is 0 Å². The van der Waals surface area contributed by atoms with E-state index in [9.17, 15) is 0 Å². The molecule has 1 aliphatic heterocycles. The number of hydrogen-bond acceptors (Lipinski definition) is 4. The van der Waals surface area contributed by atoms with Gasteiger partial charge in [-0.05, 0) is 57.7 Å². The lowest BCUT2D eigenvalue weighted by atomic mass is 10.1. The second-order valence-corrected chi connectivity index (χ2v) is 6.51. The normalized spacial score (nSPS) is 15.7. The van der Waals surface area contributed by atoms with Crippen LogP contribution in [0.1, 0.15) is 39.2 Å². The lowest BCUT2D eigenvalue weighted by molar-refractivity contribution is 0.0264. The maximum absolute atomic E-state index is 5.73. The number of likely N-dealkylation sites (tertiary alicyclic amines) is 1. The largest absolute Gasteiger partial charge is 0.490 e. The second-order valence-electron chi connectivity index (χ2n) is 6.51. The third-order valence-corrected chi connectivity index (χ3v) is 4.66. The highest BCUT2D eigenvalue weighted by molar-refractivity contribution is 5.80. The van der Waals surface area contributed by atoms with E-state index in [4.69, 9.17) is 14.2 Å². The molecule has 0 aromatic heterocycles. The summed E-state index contributed by atoms with van der Waals surface area (Å²) in [6.45, 7) is 10.9. The molecule has 152 valence electrons. The van der Waals surface area contributed by atoms with Crippen molar-refractivity contribution in [1.29, 1.82) is 0 Å². The third kappa shape index (κ3) is 6.61. The number of nitrogens with zero attached hydrogens (tertiary/aromatic N) is 2. The first-order chi connectivity index (χ1) is 13.2. The van der Waals surface area contributed by atoms with E-state index in [-0.39, 0.29) is 0 Å². The van der Waals surface area contributed by atoms with Crippen LogP contribution >= 0.6 is 0 Å². The molecule has 0 bridgehead atoms. The predicted octanol–water partition coefficient (Wildman–Crippen LogP) is 3.10. The molecule has 1 aromatic rings. The van der Waals surface area contributed by atoms with E-state index in [2.05, 4.69) is 34.3 Å². The smallest absolute Gasteiger partial charge is 0.193 e. The maximum atomic E-state index is 5.73. The van der Waals surface area contributed by atoms with Gasteiger partial charge in [0.1, 0.15) is 0 Å². The van der Waals surface area contributed by atoms with Gasteiger partial charge < -0.3 is 24.4 Å². The van der Waals surface area contributed by atoms with Crippen LogP contribution in [0.4, 0.5) is 0 Å². The molecule has 27 heavy (non-hydrogen) atoms. The van der Waals surface area contributed by atoms with Crippen LogP contribution in [0.15, 0.2) is 23.2 Å². The molecule has 1 aliphatic rings. The fourth-order valence-corrected chi connectivity index (χ4v) is 3.37. The first kappa shape index (κ1) is 21.4. The highest BCUT2D eigenvalue weighted by atomic mass is 16.5. The molecule has 0 amide bonds. The Morgan fingerprint density at radius 3 is 2.41 bits per heavy atom. The van der Waals surface area contributed by atoms with Gasteiger partial charge in [-0.15, -0.1) is 0 Å². The molecule has 2 rings (SSSR count). The summed E-state index contributed by atoms with van der Waals surface area (Å²) in [5.41, 5.74) is 1.22. The first-order valence-corrected chi connectivity index (χ1v) is 10.2. The van der Waals surface area contributed by atoms with E-state index in [1.807, 2.05) is 27.0 Å². The van der Waals surface area contributed by atoms with Crippen LogP contribution in [0.3, 0.4) is 0 Å². The van der Waals surface area contributed by atoms with Crippen LogP contribution in [0, 0.1) is 0 Å². The van der Waals surface area contributed by atoms with E-state index >= 15 is 0 Å². The Kier molecular flexibility index (Phi) is 9.25. The minimum absolute atomic E-state index is 0.394. The van der Waals surface area contributed by atoms with Crippen LogP contribution < -0.4 is 14.8 Å². The quantitative estimate of drug-likeness (QED) is 0.529. The van der Waals surface area contributed by atoms with Gasteiger partial charge in [-0.25, -0.2) is 0 Å². The van der Waals surface area contributed by atoms with Crippen molar-refractivity contribution in [3.8, 4) is 11.5 Å². The number of guanidine groups is 1. The van der Waals surface area contributed by atoms with Crippen molar-refractivity contribution >= 4 is 5.96 Å². The van der Waals surface area contributed by atoms with Crippen molar-refractivity contribution in [1.82, 2.24) is 10.2 Å². The highest BCUT2D eigenvalue weighted by Gasteiger charge is 2.21. The molecule has 0 saturated carbocycles. The third-order valence-electron chi connectivity index (χ3n) is 4.66. The summed E-state index contributed by atoms with van der Waals surface area (Å²) in [4.78, 5) is 6.76. The van der Waals surface area contributed by atoms with E-state index in [0.29, 0.717) is 19.3 Å². The van der Waals surface area contributed by atoms with Crippen molar-refractivity contribution in [2.24, 2.45) is 4.99 Å². The Labute approximate surface area is 163 Å². The Bertz CT molecular complexity index is 584. The summed E-state index contributed by atoms with van der Waals surface area (Å²) >= 11 is 0. The topological polar surface area (TPSA) is 55.3 Å². The molecule has 1 fully saturated rings. The van der Waals surface area contributed by atoms with Gasteiger partial charge >= 0.3 is 0 Å². The zero-order valence-corrected chi connectivity index (χ0v) is 17.3. The van der Waals surface area contributed by atoms with Crippen molar-refractivity contribution < 1.29 is 14.2 Å². The molecule has 1 aromatic carbocycles. The molecule has 6 nitrogen and oxygen atoms in total. The van der Waals surface area contributed by atoms with Gasteiger partial charge in [-0.2, -0.15) is 0 Å². The SMILES string of the molecule is CCOc1ccc(CCNC(=NC)N2CCC(OCC)CC2)cc1OCC. The molecule has 1 N–H and O–H groups in total. The fourth-order valence-electron chi connectivity index (χ4n) is 3.37. The first-order valence-electron chi connectivity index (χ1n) is 10.2. The highest BCUT2D eigenvalue weighted by Crippen LogP contribution is 2.28. The Hall–Kier alpha value is -1.95. The van der Waals surface area contributed by atoms with E-state index in [0.717, 1.165) is 63.0 Å². The number of nitrogens with one attached hydrogen (secondary N) is 1. The minimum Gasteiger partial charge on any atom is -0.490 e. The molecule has 0 aliphatic carbocycles. The number of benzene rings is 1. The molecule has 1 heterocycles. The average molecular weight is 378 g/mol. The van der Waals surface area contributed by atoms with Crippen molar-refractivity contribution in [3.05, 3.63) is 23.8 Å². The molecule has 0 radical (unpaired) electrons. The summed E-state index contributed by atoms with van der Waals surface area (Å²) in [5, 5.41) is 3.49. The zero-order chi connectivity index (χ0) is 19.5. The van der Waals surface area contributed by atoms with E-state index in [1.165, 1.54) is 5.56 Å². The summed E-state index contributed by atoms with van der Waals surface area (Å²) in [6, 6.07) is 6.18. The minimum atomic E-state index is 0.394. The Morgan fingerprint density at radius 1 is 1.07 bits per heavy atom. The monoisotopic (exact) mass is 377 g/mol. The Morgan fingerprint density at radius 2 is 1.78 bits per heavy atom. The van der Waals surface area contributed by atoms with Gasteiger partial charge in [0.2, 0.25) is 0 Å². The molecular formula is C21H35N3O3. The van der Waals surface area contributed by atoms with Gasteiger partial charge in [-0.1, -0.05) is 6.07 Å². The summed E-state index contributed by atoms with van der Waals surface area (Å²) in [7, 11) is 1.85. The maximum Gasteiger partial charge on any atom is 0.193 e. The van der Waals surface area contributed by atoms with Crippen LogP contribution in [0.25, 0.3) is 0 Å². The summed E-state index contributed by atoms with van der Waals surface area (Å²) < 4.78 is 17.1. The van der Waals surface area contributed by atoms with Crippen LogP contribution in [-0.4, -0.2) is 63.5 Å². The van der Waals surface area contributed by atoms with Gasteiger partial charge in [0.05, 0.1) is 19.3 Å². The van der Waals surface area contributed by atoms with Gasteiger partial charge in [0, 0.05) is 33.3 Å². The second kappa shape index (κ2) is 11.7. The number of rotatable bonds is 9. The molecular weight excluding hydrogens is 342 g/mol. The van der Waals surface area contributed by atoms with Crippen LogP contribution in [0.5, 0.6) is 11.5 Å². The lowest BCUT2D eigenvalue weighted by Gasteiger charge is -2.34.